The molecule has 16 heavy (non-hydrogen) atoms. The third-order valence-corrected chi connectivity index (χ3v) is 3.23. The molecule has 0 aromatic heterocycles. The second kappa shape index (κ2) is 3.30. The number of nitrogens with zero attached hydrogens (tertiary/aromatic N) is 1. The minimum atomic E-state index is -0.809. The topological polar surface area (TPSA) is 80.4 Å². The highest BCUT2D eigenvalue weighted by Gasteiger charge is 2.57. The molecule has 0 radical (unpaired) electrons. The number of hydrogen-bond donors (Lipinski definition) is 1. The molecule has 1 aromatic carbocycles. The Bertz CT molecular complexity index is 454. The van der Waals surface area contributed by atoms with Crippen molar-refractivity contribution in [2.24, 2.45) is 5.41 Å². The molecule has 0 spiro atoms. The zero-order chi connectivity index (χ0) is 11.9. The van der Waals surface area contributed by atoms with Gasteiger partial charge in [0.2, 0.25) is 0 Å². The SMILES string of the molecule is CC1(C(=O)O)CC1c1ccc([N+](=O)[O-])cc1. The normalized spacial score (nSPS) is 27.4. The van der Waals surface area contributed by atoms with Gasteiger partial charge in [-0.25, -0.2) is 0 Å². The highest BCUT2D eigenvalue weighted by Crippen LogP contribution is 2.59. The maximum atomic E-state index is 10.9. The first kappa shape index (κ1) is 10.6. The summed E-state index contributed by atoms with van der Waals surface area (Å²) < 4.78 is 0. The first-order chi connectivity index (χ1) is 7.45. The lowest BCUT2D eigenvalue weighted by Crippen LogP contribution is -2.12. The maximum Gasteiger partial charge on any atom is 0.309 e. The highest BCUT2D eigenvalue weighted by atomic mass is 16.6. The predicted molar refractivity (Wildman–Crippen MR) is 56.2 cm³/mol. The van der Waals surface area contributed by atoms with Crippen LogP contribution >= 0.6 is 0 Å². The van der Waals surface area contributed by atoms with Crippen molar-refractivity contribution in [3.05, 3.63) is 39.9 Å². The zero-order valence-electron chi connectivity index (χ0n) is 8.71. The fraction of sp³-hybridized carbons (Fsp3) is 0.364. The highest BCUT2D eigenvalue weighted by molar-refractivity contribution is 5.80. The Morgan fingerprint density at radius 2 is 2.06 bits per heavy atom. The fourth-order valence-electron chi connectivity index (χ4n) is 1.92. The van der Waals surface area contributed by atoms with Crippen LogP contribution in [0.2, 0.25) is 0 Å². The molecular formula is C11H11NO4. The molecule has 84 valence electrons. The molecule has 1 aromatic rings. The minimum Gasteiger partial charge on any atom is -0.481 e. The van der Waals surface area contributed by atoms with Crippen molar-refractivity contribution >= 4 is 11.7 Å². The number of carbonyl (C=O) groups is 1. The van der Waals surface area contributed by atoms with E-state index in [-0.39, 0.29) is 11.6 Å². The number of aliphatic carboxylic acids is 1. The molecular weight excluding hydrogens is 210 g/mol. The van der Waals surface area contributed by atoms with Gasteiger partial charge in [-0.1, -0.05) is 12.1 Å². The van der Waals surface area contributed by atoms with E-state index >= 15 is 0 Å². The van der Waals surface area contributed by atoms with E-state index in [2.05, 4.69) is 0 Å². The first-order valence-electron chi connectivity index (χ1n) is 4.93. The third kappa shape index (κ3) is 1.54. The number of benzene rings is 1. The molecule has 2 atom stereocenters. The van der Waals surface area contributed by atoms with Crippen molar-refractivity contribution in [2.45, 2.75) is 19.3 Å². The number of rotatable bonds is 3. The van der Waals surface area contributed by atoms with Crippen LogP contribution in [0.3, 0.4) is 0 Å². The van der Waals surface area contributed by atoms with E-state index in [1.165, 1.54) is 12.1 Å². The van der Waals surface area contributed by atoms with E-state index in [0.29, 0.717) is 6.42 Å². The summed E-state index contributed by atoms with van der Waals surface area (Å²) in [5.74, 6) is -0.832. The van der Waals surface area contributed by atoms with Crippen LogP contribution in [0.1, 0.15) is 24.8 Å². The fourth-order valence-corrected chi connectivity index (χ4v) is 1.92. The third-order valence-electron chi connectivity index (χ3n) is 3.23. The van der Waals surface area contributed by atoms with E-state index in [4.69, 9.17) is 5.11 Å². The molecule has 5 nitrogen and oxygen atoms in total. The summed E-state index contributed by atoms with van der Waals surface area (Å²) in [6.07, 6.45) is 0.597. The lowest BCUT2D eigenvalue weighted by molar-refractivity contribution is -0.384. The van der Waals surface area contributed by atoms with Crippen molar-refractivity contribution in [1.29, 1.82) is 0 Å². The summed E-state index contributed by atoms with van der Waals surface area (Å²) in [7, 11) is 0. The lowest BCUT2D eigenvalue weighted by atomic mass is 10.0. The van der Waals surface area contributed by atoms with Crippen LogP contribution in [0, 0.1) is 15.5 Å². The Labute approximate surface area is 91.9 Å². The molecule has 1 aliphatic rings. The van der Waals surface area contributed by atoms with Crippen LogP contribution in [0.15, 0.2) is 24.3 Å². The monoisotopic (exact) mass is 221 g/mol. The minimum absolute atomic E-state index is 0.0224. The first-order valence-corrected chi connectivity index (χ1v) is 4.93. The van der Waals surface area contributed by atoms with Crippen molar-refractivity contribution in [1.82, 2.24) is 0 Å². The van der Waals surface area contributed by atoms with Crippen molar-refractivity contribution < 1.29 is 14.8 Å². The summed E-state index contributed by atoms with van der Waals surface area (Å²) in [5.41, 5.74) is 0.188. The standard InChI is InChI=1S/C11H11NO4/c1-11(10(13)14)6-9(11)7-2-4-8(5-3-7)12(15)16/h2-5,9H,6H2,1H3,(H,13,14). The van der Waals surface area contributed by atoms with Crippen LogP contribution in [0.5, 0.6) is 0 Å². The number of non-ortho nitro benzene ring substituents is 1. The van der Waals surface area contributed by atoms with Crippen LogP contribution in [-0.4, -0.2) is 16.0 Å². The van der Waals surface area contributed by atoms with Gasteiger partial charge in [-0.3, -0.25) is 14.9 Å². The number of carboxylic acids is 1. The molecule has 1 aliphatic carbocycles. The second-order valence-corrected chi connectivity index (χ2v) is 4.33. The second-order valence-electron chi connectivity index (χ2n) is 4.33. The molecule has 2 rings (SSSR count). The summed E-state index contributed by atoms with van der Waals surface area (Å²) >= 11 is 0. The molecule has 5 heteroatoms. The van der Waals surface area contributed by atoms with Gasteiger partial charge in [0.25, 0.3) is 5.69 Å². The van der Waals surface area contributed by atoms with Crippen LogP contribution in [0.25, 0.3) is 0 Å². The number of nitro benzene ring substituents is 1. The number of carboxylic acid groups (broad SMARTS) is 1. The van der Waals surface area contributed by atoms with Gasteiger partial charge >= 0.3 is 5.97 Å². The Kier molecular flexibility index (Phi) is 2.18. The Hall–Kier alpha value is -1.91. The van der Waals surface area contributed by atoms with Gasteiger partial charge in [-0.05, 0) is 18.9 Å². The molecule has 1 fully saturated rings. The van der Waals surface area contributed by atoms with Gasteiger partial charge < -0.3 is 5.11 Å². The Morgan fingerprint density at radius 3 is 2.44 bits per heavy atom. The largest absolute Gasteiger partial charge is 0.481 e. The summed E-state index contributed by atoms with van der Waals surface area (Å²) in [5, 5.41) is 19.4. The predicted octanol–water partition coefficient (Wildman–Crippen LogP) is 2.17. The lowest BCUT2D eigenvalue weighted by Gasteiger charge is -2.04. The van der Waals surface area contributed by atoms with Gasteiger partial charge in [0, 0.05) is 18.1 Å². The summed E-state index contributed by atoms with van der Waals surface area (Å²) in [6, 6.07) is 6.10. The Balaban J connectivity index is 2.19. The molecule has 0 bridgehead atoms. The van der Waals surface area contributed by atoms with Crippen LogP contribution < -0.4 is 0 Å². The molecule has 0 heterocycles. The van der Waals surface area contributed by atoms with Crippen LogP contribution in [0.4, 0.5) is 5.69 Å². The Morgan fingerprint density at radius 1 is 1.50 bits per heavy atom. The maximum absolute atomic E-state index is 10.9. The average molecular weight is 221 g/mol. The van der Waals surface area contributed by atoms with Crippen molar-refractivity contribution in [3.8, 4) is 0 Å². The molecule has 0 amide bonds. The van der Waals surface area contributed by atoms with E-state index in [1.807, 2.05) is 0 Å². The molecule has 2 unspecified atom stereocenters. The molecule has 0 saturated heterocycles. The number of nitro groups is 1. The zero-order valence-corrected chi connectivity index (χ0v) is 8.71. The van der Waals surface area contributed by atoms with Gasteiger partial charge in [-0.2, -0.15) is 0 Å². The van der Waals surface area contributed by atoms with E-state index in [1.54, 1.807) is 19.1 Å². The smallest absolute Gasteiger partial charge is 0.309 e. The summed E-state index contributed by atoms with van der Waals surface area (Å²) in [4.78, 5) is 20.9. The molecule has 1 N–H and O–H groups in total. The summed E-state index contributed by atoms with van der Waals surface area (Å²) in [6.45, 7) is 1.70. The van der Waals surface area contributed by atoms with Crippen molar-refractivity contribution in [2.75, 3.05) is 0 Å². The van der Waals surface area contributed by atoms with Gasteiger partial charge in [0.1, 0.15) is 0 Å². The average Bonchev–Trinajstić information content (AvgIpc) is 2.93. The van der Waals surface area contributed by atoms with Crippen molar-refractivity contribution in [3.63, 3.8) is 0 Å². The quantitative estimate of drug-likeness (QED) is 0.626. The van der Waals surface area contributed by atoms with Gasteiger partial charge in [0.05, 0.1) is 10.3 Å². The molecule has 1 saturated carbocycles. The van der Waals surface area contributed by atoms with E-state index < -0.39 is 16.3 Å². The van der Waals surface area contributed by atoms with E-state index in [9.17, 15) is 14.9 Å². The van der Waals surface area contributed by atoms with Gasteiger partial charge in [-0.15, -0.1) is 0 Å². The van der Waals surface area contributed by atoms with Crippen LogP contribution in [-0.2, 0) is 4.79 Å². The number of hydrogen-bond acceptors (Lipinski definition) is 3. The van der Waals surface area contributed by atoms with E-state index in [0.717, 1.165) is 5.56 Å². The molecule has 0 aliphatic heterocycles. The van der Waals surface area contributed by atoms with Gasteiger partial charge in [0.15, 0.2) is 0 Å².